The summed E-state index contributed by atoms with van der Waals surface area (Å²) >= 11 is 0. The normalized spacial score (nSPS) is 13.1. The Morgan fingerprint density at radius 2 is 2.00 bits per heavy atom. The molecule has 1 N–H and O–H groups in total. The van der Waals surface area contributed by atoms with Crippen LogP contribution in [0, 0.1) is 5.92 Å². The summed E-state index contributed by atoms with van der Waals surface area (Å²) < 4.78 is 0. The van der Waals surface area contributed by atoms with Crippen LogP contribution in [-0.2, 0) is 11.2 Å². The summed E-state index contributed by atoms with van der Waals surface area (Å²) in [5.74, 6) is 0.305. The Labute approximate surface area is 104 Å². The van der Waals surface area contributed by atoms with Gasteiger partial charge in [-0.2, -0.15) is 0 Å². The Bertz CT molecular complexity index is 346. The van der Waals surface area contributed by atoms with Crippen molar-refractivity contribution in [3.8, 4) is 0 Å². The second kappa shape index (κ2) is 6.50. The highest BCUT2D eigenvalue weighted by Crippen LogP contribution is 2.07. The molecule has 0 radical (unpaired) electrons. The van der Waals surface area contributed by atoms with E-state index in [0.717, 1.165) is 5.69 Å². The average Bonchev–Trinajstić information content (AvgIpc) is 2.28. The SMILES string of the molecule is CC(C)NC(Cc1ccccn1)C(=O)C(C)C. The van der Waals surface area contributed by atoms with Crippen LogP contribution in [0.4, 0.5) is 0 Å². The molecule has 1 atom stereocenters. The standard InChI is InChI=1S/C14H22N2O/c1-10(2)14(17)13(16-11(3)4)9-12-7-5-6-8-15-12/h5-8,10-11,13,16H,9H2,1-4H3. The summed E-state index contributed by atoms with van der Waals surface area (Å²) in [4.78, 5) is 16.4. The molecule has 0 aliphatic rings. The van der Waals surface area contributed by atoms with E-state index in [1.807, 2.05) is 32.0 Å². The van der Waals surface area contributed by atoms with Gasteiger partial charge in [0, 0.05) is 30.3 Å². The molecular weight excluding hydrogens is 212 g/mol. The van der Waals surface area contributed by atoms with E-state index in [2.05, 4.69) is 24.1 Å². The minimum Gasteiger partial charge on any atom is -0.305 e. The van der Waals surface area contributed by atoms with Crippen molar-refractivity contribution in [2.24, 2.45) is 5.92 Å². The minimum atomic E-state index is -0.134. The lowest BCUT2D eigenvalue weighted by Crippen LogP contribution is -2.44. The molecule has 94 valence electrons. The van der Waals surface area contributed by atoms with E-state index in [4.69, 9.17) is 0 Å². The number of nitrogens with zero attached hydrogens (tertiary/aromatic N) is 1. The van der Waals surface area contributed by atoms with Gasteiger partial charge in [0.1, 0.15) is 0 Å². The van der Waals surface area contributed by atoms with Crippen molar-refractivity contribution in [3.05, 3.63) is 30.1 Å². The smallest absolute Gasteiger partial charge is 0.152 e. The Morgan fingerprint density at radius 1 is 1.29 bits per heavy atom. The van der Waals surface area contributed by atoms with Gasteiger partial charge in [0.2, 0.25) is 0 Å². The van der Waals surface area contributed by atoms with Gasteiger partial charge < -0.3 is 5.32 Å². The highest BCUT2D eigenvalue weighted by Gasteiger charge is 2.22. The number of nitrogens with one attached hydrogen (secondary N) is 1. The topological polar surface area (TPSA) is 42.0 Å². The lowest BCUT2D eigenvalue weighted by molar-refractivity contribution is -0.124. The summed E-state index contributed by atoms with van der Waals surface area (Å²) in [5, 5.41) is 3.32. The van der Waals surface area contributed by atoms with Gasteiger partial charge in [-0.05, 0) is 12.1 Å². The van der Waals surface area contributed by atoms with E-state index in [0.29, 0.717) is 12.5 Å². The highest BCUT2D eigenvalue weighted by molar-refractivity contribution is 5.86. The van der Waals surface area contributed by atoms with Gasteiger partial charge in [0.25, 0.3) is 0 Å². The molecule has 0 aromatic carbocycles. The van der Waals surface area contributed by atoms with Crippen LogP contribution in [0.25, 0.3) is 0 Å². The van der Waals surface area contributed by atoms with Gasteiger partial charge in [0.15, 0.2) is 5.78 Å². The number of hydrogen-bond acceptors (Lipinski definition) is 3. The number of aromatic nitrogens is 1. The number of rotatable bonds is 6. The number of Topliss-reactive ketones (excluding diaryl/α,β-unsaturated/α-hetero) is 1. The predicted octanol–water partition coefficient (Wildman–Crippen LogP) is 2.22. The van der Waals surface area contributed by atoms with Crippen LogP contribution in [0.2, 0.25) is 0 Å². The highest BCUT2D eigenvalue weighted by atomic mass is 16.1. The minimum absolute atomic E-state index is 0.0509. The molecule has 0 fully saturated rings. The zero-order valence-corrected chi connectivity index (χ0v) is 11.1. The molecule has 0 spiro atoms. The number of hydrogen-bond donors (Lipinski definition) is 1. The zero-order chi connectivity index (χ0) is 12.8. The largest absolute Gasteiger partial charge is 0.305 e. The third-order valence-electron chi connectivity index (χ3n) is 2.59. The Morgan fingerprint density at radius 3 is 2.47 bits per heavy atom. The molecule has 1 aromatic heterocycles. The van der Waals surface area contributed by atoms with Gasteiger partial charge in [-0.25, -0.2) is 0 Å². The van der Waals surface area contributed by atoms with Crippen molar-refractivity contribution in [2.45, 2.75) is 46.2 Å². The summed E-state index contributed by atoms with van der Waals surface area (Å²) in [7, 11) is 0. The first-order valence-corrected chi connectivity index (χ1v) is 6.20. The van der Waals surface area contributed by atoms with E-state index in [1.165, 1.54) is 0 Å². The third-order valence-corrected chi connectivity index (χ3v) is 2.59. The van der Waals surface area contributed by atoms with Gasteiger partial charge in [0.05, 0.1) is 6.04 Å². The zero-order valence-electron chi connectivity index (χ0n) is 11.1. The maximum Gasteiger partial charge on any atom is 0.152 e. The maximum atomic E-state index is 12.1. The summed E-state index contributed by atoms with van der Waals surface area (Å²) in [6.07, 6.45) is 2.43. The second-order valence-corrected chi connectivity index (χ2v) is 4.96. The first-order chi connectivity index (χ1) is 8.00. The fraction of sp³-hybridized carbons (Fsp3) is 0.571. The predicted molar refractivity (Wildman–Crippen MR) is 69.8 cm³/mol. The summed E-state index contributed by atoms with van der Waals surface area (Å²) in [6, 6.07) is 5.96. The molecule has 0 saturated carbocycles. The molecule has 17 heavy (non-hydrogen) atoms. The van der Waals surface area contributed by atoms with Crippen LogP contribution in [0.3, 0.4) is 0 Å². The van der Waals surface area contributed by atoms with Gasteiger partial charge in [-0.15, -0.1) is 0 Å². The van der Waals surface area contributed by atoms with Crippen molar-refractivity contribution >= 4 is 5.78 Å². The van der Waals surface area contributed by atoms with Crippen LogP contribution < -0.4 is 5.32 Å². The molecule has 1 rings (SSSR count). The van der Waals surface area contributed by atoms with Crippen LogP contribution in [0.5, 0.6) is 0 Å². The Hall–Kier alpha value is -1.22. The lowest BCUT2D eigenvalue weighted by Gasteiger charge is -2.21. The number of carbonyl (C=O) groups is 1. The molecule has 3 nitrogen and oxygen atoms in total. The fourth-order valence-corrected chi connectivity index (χ4v) is 1.77. The molecular formula is C14H22N2O. The summed E-state index contributed by atoms with van der Waals surface area (Å²) in [6.45, 7) is 7.99. The fourth-order valence-electron chi connectivity index (χ4n) is 1.77. The Kier molecular flexibility index (Phi) is 5.29. The monoisotopic (exact) mass is 234 g/mol. The van der Waals surface area contributed by atoms with E-state index in [9.17, 15) is 4.79 Å². The molecule has 0 saturated heterocycles. The van der Waals surface area contributed by atoms with Gasteiger partial charge >= 0.3 is 0 Å². The molecule has 0 aliphatic heterocycles. The van der Waals surface area contributed by atoms with Crippen molar-refractivity contribution in [2.75, 3.05) is 0 Å². The Balaban J connectivity index is 2.74. The van der Waals surface area contributed by atoms with Crippen molar-refractivity contribution in [1.29, 1.82) is 0 Å². The second-order valence-electron chi connectivity index (χ2n) is 4.96. The van der Waals surface area contributed by atoms with E-state index < -0.39 is 0 Å². The third kappa shape index (κ3) is 4.65. The molecule has 1 aromatic rings. The van der Waals surface area contributed by atoms with E-state index in [-0.39, 0.29) is 17.7 Å². The molecule has 1 unspecified atom stereocenters. The number of pyridine rings is 1. The first kappa shape index (κ1) is 13.8. The van der Waals surface area contributed by atoms with Crippen LogP contribution in [-0.4, -0.2) is 22.9 Å². The summed E-state index contributed by atoms with van der Waals surface area (Å²) in [5.41, 5.74) is 0.958. The maximum absolute atomic E-state index is 12.1. The molecule has 0 bridgehead atoms. The van der Waals surface area contributed by atoms with Gasteiger partial charge in [-0.3, -0.25) is 9.78 Å². The molecule has 3 heteroatoms. The molecule has 0 aliphatic carbocycles. The van der Waals surface area contributed by atoms with Crippen molar-refractivity contribution in [1.82, 2.24) is 10.3 Å². The van der Waals surface area contributed by atoms with Gasteiger partial charge in [-0.1, -0.05) is 33.8 Å². The van der Waals surface area contributed by atoms with Crippen molar-refractivity contribution < 1.29 is 4.79 Å². The van der Waals surface area contributed by atoms with Crippen LogP contribution in [0.1, 0.15) is 33.4 Å². The molecule has 0 amide bonds. The van der Waals surface area contributed by atoms with E-state index in [1.54, 1.807) is 6.20 Å². The number of ketones is 1. The van der Waals surface area contributed by atoms with E-state index >= 15 is 0 Å². The first-order valence-electron chi connectivity index (χ1n) is 6.20. The lowest BCUT2D eigenvalue weighted by atomic mass is 9.97. The average molecular weight is 234 g/mol. The quantitative estimate of drug-likeness (QED) is 0.820. The molecule has 1 heterocycles. The number of carbonyl (C=O) groups excluding carboxylic acids is 1. The van der Waals surface area contributed by atoms with Crippen LogP contribution >= 0.6 is 0 Å². The van der Waals surface area contributed by atoms with Crippen LogP contribution in [0.15, 0.2) is 24.4 Å². The van der Waals surface area contributed by atoms with Crippen molar-refractivity contribution in [3.63, 3.8) is 0 Å².